The highest BCUT2D eigenvalue weighted by molar-refractivity contribution is 6.29. The molecule has 1 amide bonds. The van der Waals surface area contributed by atoms with Gasteiger partial charge in [-0.25, -0.2) is 9.97 Å². The van der Waals surface area contributed by atoms with Crippen molar-refractivity contribution in [3.63, 3.8) is 0 Å². The van der Waals surface area contributed by atoms with Gasteiger partial charge in [0.1, 0.15) is 16.7 Å². The second-order valence-corrected chi connectivity index (χ2v) is 3.31. The first-order valence-electron chi connectivity index (χ1n) is 4.33. The fourth-order valence-corrected chi connectivity index (χ4v) is 1.09. The van der Waals surface area contributed by atoms with Gasteiger partial charge in [-0.1, -0.05) is 11.6 Å². The monoisotopic (exact) mass is 238 g/mol. The average molecular weight is 239 g/mol. The van der Waals surface area contributed by atoms with E-state index in [1.54, 1.807) is 6.92 Å². The summed E-state index contributed by atoms with van der Waals surface area (Å²) in [5.74, 6) is 0.361. The Bertz CT molecular complexity index is 508. The molecular weight excluding hydrogens is 232 g/mol. The predicted octanol–water partition coefficient (Wildman–Crippen LogP) is 0.809. The van der Waals surface area contributed by atoms with E-state index in [0.29, 0.717) is 5.82 Å². The van der Waals surface area contributed by atoms with Crippen molar-refractivity contribution in [1.82, 2.24) is 25.1 Å². The number of H-pyrrole nitrogens is 1. The molecule has 0 saturated heterocycles. The average Bonchev–Trinajstić information content (AvgIpc) is 2.65. The minimum atomic E-state index is -0.442. The van der Waals surface area contributed by atoms with E-state index < -0.39 is 5.91 Å². The molecule has 0 fully saturated rings. The molecule has 0 bridgehead atoms. The van der Waals surface area contributed by atoms with Crippen molar-refractivity contribution in [2.45, 2.75) is 6.92 Å². The number of amides is 1. The second kappa shape index (κ2) is 4.23. The van der Waals surface area contributed by atoms with Gasteiger partial charge < -0.3 is 0 Å². The number of hydrogen-bond acceptors (Lipinski definition) is 5. The molecule has 2 rings (SSSR count). The third-order valence-electron chi connectivity index (χ3n) is 1.68. The van der Waals surface area contributed by atoms with Crippen molar-refractivity contribution >= 4 is 23.5 Å². The predicted molar refractivity (Wildman–Crippen MR) is 56.1 cm³/mol. The zero-order chi connectivity index (χ0) is 11.5. The number of carbonyl (C=O) groups excluding carboxylic acids is 1. The van der Waals surface area contributed by atoms with Crippen LogP contribution < -0.4 is 5.32 Å². The number of aromatic nitrogens is 5. The third kappa shape index (κ3) is 2.31. The van der Waals surface area contributed by atoms with E-state index in [9.17, 15) is 4.79 Å². The number of halogens is 1. The molecule has 0 aliphatic carbocycles. The van der Waals surface area contributed by atoms with Crippen molar-refractivity contribution in [3.05, 3.63) is 29.1 Å². The highest BCUT2D eigenvalue weighted by Gasteiger charge is 2.10. The van der Waals surface area contributed by atoms with Gasteiger partial charge >= 0.3 is 0 Å². The zero-order valence-electron chi connectivity index (χ0n) is 8.23. The van der Waals surface area contributed by atoms with Crippen LogP contribution in [0.5, 0.6) is 0 Å². The minimum absolute atomic E-state index is 0.145. The Balaban J connectivity index is 2.11. The molecule has 0 unspecified atom stereocenters. The first kappa shape index (κ1) is 10.5. The Labute approximate surface area is 95.3 Å². The number of aromatic amines is 1. The highest BCUT2D eigenvalue weighted by atomic mass is 35.5. The summed E-state index contributed by atoms with van der Waals surface area (Å²) in [5.41, 5.74) is 0.145. The molecule has 2 heterocycles. The van der Waals surface area contributed by atoms with Gasteiger partial charge in [-0.3, -0.25) is 15.2 Å². The molecule has 0 spiro atoms. The van der Waals surface area contributed by atoms with Gasteiger partial charge in [-0.15, -0.1) is 5.10 Å². The zero-order valence-corrected chi connectivity index (χ0v) is 8.99. The lowest BCUT2D eigenvalue weighted by atomic mass is 10.4. The molecule has 2 N–H and O–H groups in total. The third-order valence-corrected chi connectivity index (χ3v) is 1.87. The Morgan fingerprint density at radius 3 is 2.81 bits per heavy atom. The maximum absolute atomic E-state index is 11.6. The molecule has 7 nitrogen and oxygen atoms in total. The van der Waals surface area contributed by atoms with E-state index in [1.165, 1.54) is 12.4 Å². The fraction of sp³-hybridized carbons (Fsp3) is 0.125. The van der Waals surface area contributed by atoms with Crippen LogP contribution in [0.25, 0.3) is 0 Å². The Kier molecular flexibility index (Phi) is 2.78. The summed E-state index contributed by atoms with van der Waals surface area (Å²) in [6.07, 6.45) is 2.57. The van der Waals surface area contributed by atoms with Crippen molar-refractivity contribution in [1.29, 1.82) is 0 Å². The van der Waals surface area contributed by atoms with Crippen LogP contribution >= 0.6 is 11.6 Å². The second-order valence-electron chi connectivity index (χ2n) is 2.92. The smallest absolute Gasteiger partial charge is 0.278 e. The first-order chi connectivity index (χ1) is 7.65. The van der Waals surface area contributed by atoms with Crippen molar-refractivity contribution in [2.75, 3.05) is 5.32 Å². The standard InChI is InChI=1S/C8H7ClN6O/c1-4-12-8(15-14-4)13-7(16)5-2-11-6(9)3-10-5/h2-3H,1H3,(H2,12,13,14,15,16). The van der Waals surface area contributed by atoms with Crippen LogP contribution in [0.1, 0.15) is 16.3 Å². The SMILES string of the molecule is Cc1nc(NC(=O)c2cnc(Cl)cn2)n[nH]1. The minimum Gasteiger partial charge on any atom is -0.288 e. The van der Waals surface area contributed by atoms with Gasteiger partial charge in [-0.05, 0) is 6.92 Å². The number of nitrogens with zero attached hydrogens (tertiary/aromatic N) is 4. The molecule has 8 heteroatoms. The quantitative estimate of drug-likeness (QED) is 0.807. The summed E-state index contributed by atoms with van der Waals surface area (Å²) in [7, 11) is 0. The van der Waals surface area contributed by atoms with E-state index >= 15 is 0 Å². The molecule has 0 aliphatic rings. The molecule has 16 heavy (non-hydrogen) atoms. The first-order valence-corrected chi connectivity index (χ1v) is 4.71. The molecule has 82 valence electrons. The summed E-state index contributed by atoms with van der Waals surface area (Å²) in [4.78, 5) is 23.1. The van der Waals surface area contributed by atoms with Crippen LogP contribution in [0.2, 0.25) is 5.15 Å². The van der Waals surface area contributed by atoms with Gasteiger partial charge in [0, 0.05) is 0 Å². The Morgan fingerprint density at radius 1 is 1.44 bits per heavy atom. The maximum atomic E-state index is 11.6. The van der Waals surface area contributed by atoms with Crippen LogP contribution in [0.15, 0.2) is 12.4 Å². The van der Waals surface area contributed by atoms with E-state index in [0.717, 1.165) is 0 Å². The Morgan fingerprint density at radius 2 is 2.25 bits per heavy atom. The number of rotatable bonds is 2. The van der Waals surface area contributed by atoms with E-state index in [4.69, 9.17) is 11.6 Å². The summed E-state index contributed by atoms with van der Waals surface area (Å²) in [5, 5.41) is 9.05. The van der Waals surface area contributed by atoms with Crippen molar-refractivity contribution in [3.8, 4) is 0 Å². The van der Waals surface area contributed by atoms with E-state index in [-0.39, 0.29) is 16.8 Å². The summed E-state index contributed by atoms with van der Waals surface area (Å²) in [6, 6.07) is 0. The largest absolute Gasteiger partial charge is 0.288 e. The van der Waals surface area contributed by atoms with Gasteiger partial charge in [-0.2, -0.15) is 4.98 Å². The summed E-state index contributed by atoms with van der Waals surface area (Å²) in [6.45, 7) is 1.73. The van der Waals surface area contributed by atoms with Gasteiger partial charge in [0.2, 0.25) is 5.95 Å². The van der Waals surface area contributed by atoms with Crippen molar-refractivity contribution in [2.24, 2.45) is 0 Å². The van der Waals surface area contributed by atoms with Gasteiger partial charge in [0.25, 0.3) is 5.91 Å². The normalized spacial score (nSPS) is 10.1. The van der Waals surface area contributed by atoms with E-state index in [1.807, 2.05) is 0 Å². The Hall–Kier alpha value is -2.02. The molecule has 2 aromatic rings. The number of anilines is 1. The lowest BCUT2D eigenvalue weighted by Crippen LogP contribution is -2.14. The van der Waals surface area contributed by atoms with Crippen LogP contribution in [0.3, 0.4) is 0 Å². The van der Waals surface area contributed by atoms with Crippen molar-refractivity contribution < 1.29 is 4.79 Å². The molecule has 2 aromatic heterocycles. The lowest BCUT2D eigenvalue weighted by molar-refractivity contribution is 0.102. The van der Waals surface area contributed by atoms with Crippen LogP contribution in [0.4, 0.5) is 5.95 Å². The summed E-state index contributed by atoms with van der Waals surface area (Å²) < 4.78 is 0. The van der Waals surface area contributed by atoms with Crippen LogP contribution in [-0.2, 0) is 0 Å². The number of hydrogen-bond donors (Lipinski definition) is 2. The fourth-order valence-electron chi connectivity index (χ4n) is 0.994. The highest BCUT2D eigenvalue weighted by Crippen LogP contribution is 2.04. The lowest BCUT2D eigenvalue weighted by Gasteiger charge is -1.98. The number of carbonyl (C=O) groups is 1. The molecule has 0 atom stereocenters. The van der Waals surface area contributed by atoms with E-state index in [2.05, 4.69) is 30.5 Å². The number of aryl methyl sites for hydroxylation is 1. The maximum Gasteiger partial charge on any atom is 0.278 e. The topological polar surface area (TPSA) is 96.5 Å². The van der Waals surface area contributed by atoms with Crippen LogP contribution in [0, 0.1) is 6.92 Å². The molecule has 0 aliphatic heterocycles. The van der Waals surface area contributed by atoms with Gasteiger partial charge in [0.15, 0.2) is 0 Å². The molecular formula is C8H7ClN6O. The molecule has 0 saturated carbocycles. The number of nitrogens with one attached hydrogen (secondary N) is 2. The van der Waals surface area contributed by atoms with Crippen LogP contribution in [-0.4, -0.2) is 31.1 Å². The molecule has 0 aromatic carbocycles. The van der Waals surface area contributed by atoms with Gasteiger partial charge in [0.05, 0.1) is 12.4 Å². The summed E-state index contributed by atoms with van der Waals surface area (Å²) >= 11 is 5.54. The molecule has 0 radical (unpaired) electrons.